The van der Waals surface area contributed by atoms with Crippen LogP contribution in [0.4, 0.5) is 0 Å². The molecule has 2 N–H and O–H groups in total. The number of carbonyl (C=O) groups is 1. The largest absolute Gasteiger partial charge is 0.383 e. The molecule has 0 spiro atoms. The standard InChI is InChI=1S/C16H24ClN3O4S/c1-13(16(21)18-6-11-24-2)19-7-9-20(10-8-19)25(22,23)15-5-3-4-14(17)12-15/h3-5,12-13H,6-11H2,1-2H3,(H,18,21)/p+1/t13-/m0/s1. The van der Waals surface area contributed by atoms with E-state index in [1.807, 2.05) is 6.92 Å². The molecule has 0 bridgehead atoms. The lowest BCUT2D eigenvalue weighted by molar-refractivity contribution is -0.917. The summed E-state index contributed by atoms with van der Waals surface area (Å²) in [6.45, 7) is 4.72. The highest BCUT2D eigenvalue weighted by Gasteiger charge is 2.34. The van der Waals surface area contributed by atoms with Gasteiger partial charge in [0.15, 0.2) is 6.04 Å². The predicted octanol–water partition coefficient (Wildman–Crippen LogP) is -0.620. The number of hydrogen-bond acceptors (Lipinski definition) is 4. The minimum Gasteiger partial charge on any atom is -0.383 e. The highest BCUT2D eigenvalue weighted by molar-refractivity contribution is 7.89. The predicted molar refractivity (Wildman–Crippen MR) is 95.3 cm³/mol. The van der Waals surface area contributed by atoms with Gasteiger partial charge in [0, 0.05) is 18.7 Å². The van der Waals surface area contributed by atoms with E-state index < -0.39 is 10.0 Å². The number of halogens is 1. The Morgan fingerprint density at radius 2 is 2.08 bits per heavy atom. The zero-order valence-corrected chi connectivity index (χ0v) is 16.1. The van der Waals surface area contributed by atoms with Crippen molar-refractivity contribution in [2.75, 3.05) is 46.4 Å². The lowest BCUT2D eigenvalue weighted by atomic mass is 10.2. The second kappa shape index (κ2) is 8.95. The van der Waals surface area contributed by atoms with E-state index in [0.717, 1.165) is 4.90 Å². The van der Waals surface area contributed by atoms with Crippen molar-refractivity contribution in [3.05, 3.63) is 29.3 Å². The molecule has 25 heavy (non-hydrogen) atoms. The Hall–Kier alpha value is -1.19. The molecule has 1 aromatic carbocycles. The summed E-state index contributed by atoms with van der Waals surface area (Å²) in [5.74, 6) is -0.0433. The van der Waals surface area contributed by atoms with Crippen LogP contribution in [0, 0.1) is 0 Å². The van der Waals surface area contributed by atoms with Gasteiger partial charge in [0.25, 0.3) is 5.91 Å². The Morgan fingerprint density at radius 3 is 2.68 bits per heavy atom. The Balaban J connectivity index is 1.93. The average Bonchev–Trinajstić information content (AvgIpc) is 2.61. The third-order valence-corrected chi connectivity index (χ3v) is 6.54. The minimum atomic E-state index is -3.55. The van der Waals surface area contributed by atoms with Crippen LogP contribution in [0.5, 0.6) is 0 Å². The number of rotatable bonds is 7. The number of benzene rings is 1. The van der Waals surface area contributed by atoms with E-state index in [2.05, 4.69) is 5.32 Å². The van der Waals surface area contributed by atoms with Crippen molar-refractivity contribution in [3.63, 3.8) is 0 Å². The fourth-order valence-corrected chi connectivity index (χ4v) is 4.58. The molecule has 9 heteroatoms. The van der Waals surface area contributed by atoms with Crippen LogP contribution in [-0.2, 0) is 19.6 Å². The average molecular weight is 391 g/mol. The number of nitrogens with one attached hydrogen (secondary N) is 2. The number of nitrogens with zero attached hydrogens (tertiary/aromatic N) is 1. The summed E-state index contributed by atoms with van der Waals surface area (Å²) >= 11 is 5.90. The second-order valence-corrected chi connectivity index (χ2v) is 8.40. The molecule has 1 aliphatic heterocycles. The lowest BCUT2D eigenvalue weighted by Crippen LogP contribution is -3.19. The van der Waals surface area contributed by atoms with Crippen LogP contribution in [0.2, 0.25) is 5.02 Å². The van der Waals surface area contributed by atoms with Gasteiger partial charge in [-0.3, -0.25) is 4.79 Å². The molecule has 1 atom stereocenters. The highest BCUT2D eigenvalue weighted by Crippen LogP contribution is 2.19. The van der Waals surface area contributed by atoms with Crippen LogP contribution in [0.25, 0.3) is 0 Å². The molecule has 0 radical (unpaired) electrons. The Kier molecular flexibility index (Phi) is 7.21. The van der Waals surface area contributed by atoms with Gasteiger partial charge in [0.1, 0.15) is 0 Å². The summed E-state index contributed by atoms with van der Waals surface area (Å²) in [6, 6.07) is 6.05. The summed E-state index contributed by atoms with van der Waals surface area (Å²) in [7, 11) is -1.97. The van der Waals surface area contributed by atoms with Crippen LogP contribution >= 0.6 is 11.6 Å². The monoisotopic (exact) mass is 390 g/mol. The first-order valence-electron chi connectivity index (χ1n) is 8.23. The number of ether oxygens (including phenoxy) is 1. The SMILES string of the molecule is COCCNC(=O)[C@H](C)[NH+]1CCN(S(=O)(=O)c2cccc(Cl)c2)CC1. The zero-order chi connectivity index (χ0) is 18.4. The quantitative estimate of drug-likeness (QED) is 0.608. The van der Waals surface area contributed by atoms with Crippen molar-refractivity contribution in [1.82, 2.24) is 9.62 Å². The van der Waals surface area contributed by atoms with Crippen molar-refractivity contribution in [1.29, 1.82) is 0 Å². The number of piperazine rings is 1. The molecule has 0 aromatic heterocycles. The molecule has 1 aromatic rings. The number of carbonyl (C=O) groups excluding carboxylic acids is 1. The Bertz CT molecular complexity index is 690. The molecular formula is C16H25ClN3O4S+. The fraction of sp³-hybridized carbons (Fsp3) is 0.562. The van der Waals surface area contributed by atoms with E-state index in [9.17, 15) is 13.2 Å². The van der Waals surface area contributed by atoms with E-state index in [0.29, 0.717) is 44.4 Å². The van der Waals surface area contributed by atoms with Gasteiger partial charge in [0.05, 0.1) is 37.7 Å². The van der Waals surface area contributed by atoms with Crippen molar-refractivity contribution < 1.29 is 22.8 Å². The molecule has 0 unspecified atom stereocenters. The minimum absolute atomic E-state index is 0.0433. The molecule has 7 nitrogen and oxygen atoms in total. The molecule has 1 fully saturated rings. The topological polar surface area (TPSA) is 80.2 Å². The maximum absolute atomic E-state index is 12.7. The summed E-state index contributed by atoms with van der Waals surface area (Å²) in [5, 5.41) is 3.22. The van der Waals surface area contributed by atoms with Crippen molar-refractivity contribution >= 4 is 27.5 Å². The van der Waals surface area contributed by atoms with Crippen LogP contribution in [0.3, 0.4) is 0 Å². The van der Waals surface area contributed by atoms with Crippen LogP contribution in [0.1, 0.15) is 6.92 Å². The molecule has 1 saturated heterocycles. The Labute approximate surface area is 153 Å². The van der Waals surface area contributed by atoms with Crippen LogP contribution in [0.15, 0.2) is 29.2 Å². The zero-order valence-electron chi connectivity index (χ0n) is 14.5. The summed E-state index contributed by atoms with van der Waals surface area (Å²) in [4.78, 5) is 13.4. The number of methoxy groups -OCH3 is 1. The molecule has 1 amide bonds. The Morgan fingerprint density at radius 1 is 1.40 bits per heavy atom. The van der Waals surface area contributed by atoms with Gasteiger partial charge in [-0.2, -0.15) is 4.31 Å². The first kappa shape index (κ1) is 20.1. The molecule has 2 rings (SSSR count). The van der Waals surface area contributed by atoms with E-state index in [4.69, 9.17) is 16.3 Å². The highest BCUT2D eigenvalue weighted by atomic mass is 35.5. The number of quaternary nitrogens is 1. The van der Waals surface area contributed by atoms with Gasteiger partial charge in [-0.25, -0.2) is 8.42 Å². The summed E-state index contributed by atoms with van der Waals surface area (Å²) in [5.41, 5.74) is 0. The van der Waals surface area contributed by atoms with Gasteiger partial charge in [0.2, 0.25) is 10.0 Å². The number of sulfonamides is 1. The van der Waals surface area contributed by atoms with Gasteiger partial charge >= 0.3 is 0 Å². The molecule has 140 valence electrons. The van der Waals surface area contributed by atoms with Gasteiger partial charge in [-0.1, -0.05) is 17.7 Å². The van der Waals surface area contributed by atoms with E-state index in [1.165, 1.54) is 10.4 Å². The first-order valence-corrected chi connectivity index (χ1v) is 10.0. The maximum atomic E-state index is 12.7. The van der Waals surface area contributed by atoms with Gasteiger partial charge < -0.3 is 15.0 Å². The van der Waals surface area contributed by atoms with E-state index in [-0.39, 0.29) is 16.8 Å². The van der Waals surface area contributed by atoms with Gasteiger partial charge in [-0.15, -0.1) is 0 Å². The fourth-order valence-electron chi connectivity index (χ4n) is 2.84. The molecule has 1 heterocycles. The van der Waals surface area contributed by atoms with E-state index >= 15 is 0 Å². The van der Waals surface area contributed by atoms with Crippen molar-refractivity contribution in [3.8, 4) is 0 Å². The van der Waals surface area contributed by atoms with Gasteiger partial charge in [-0.05, 0) is 25.1 Å². The first-order chi connectivity index (χ1) is 11.9. The number of amides is 1. The summed E-state index contributed by atoms with van der Waals surface area (Å²) in [6.07, 6.45) is 0. The third-order valence-electron chi connectivity index (χ3n) is 4.41. The van der Waals surface area contributed by atoms with Crippen molar-refractivity contribution in [2.45, 2.75) is 17.9 Å². The summed E-state index contributed by atoms with van der Waals surface area (Å²) < 4.78 is 31.7. The second-order valence-electron chi connectivity index (χ2n) is 6.03. The maximum Gasteiger partial charge on any atom is 0.278 e. The van der Waals surface area contributed by atoms with E-state index in [1.54, 1.807) is 25.3 Å². The van der Waals surface area contributed by atoms with Crippen LogP contribution < -0.4 is 10.2 Å². The number of hydrogen-bond donors (Lipinski definition) is 2. The molecular weight excluding hydrogens is 366 g/mol. The van der Waals surface area contributed by atoms with Crippen molar-refractivity contribution in [2.24, 2.45) is 0 Å². The molecule has 1 aliphatic rings. The normalized spacial score (nSPS) is 18.0. The lowest BCUT2D eigenvalue weighted by Gasteiger charge is -2.34. The third kappa shape index (κ3) is 5.15. The molecule has 0 saturated carbocycles. The van der Waals surface area contributed by atoms with Crippen LogP contribution in [-0.4, -0.2) is 71.1 Å². The smallest absolute Gasteiger partial charge is 0.278 e. The molecule has 0 aliphatic carbocycles.